The van der Waals surface area contributed by atoms with Gasteiger partial charge < -0.3 is 5.11 Å². The molecule has 148 valence electrons. The Morgan fingerprint density at radius 1 is 0.962 bits per heavy atom. The third-order valence-electron chi connectivity index (χ3n) is 4.73. The molecule has 0 aliphatic carbocycles. The van der Waals surface area contributed by atoms with E-state index in [2.05, 4.69) is 0 Å². The summed E-state index contributed by atoms with van der Waals surface area (Å²) in [5, 5.41) is 8.82. The minimum atomic E-state index is -3.37. The normalized spacial score (nSPS) is 13.0. The third-order valence-corrected chi connectivity index (χ3v) is 6.60. The highest BCUT2D eigenvalue weighted by atomic mass is 32.2. The second kappa shape index (κ2) is 12.1. The molecule has 1 atom stereocenters. The number of carboxylic acid groups (broad SMARTS) is 1. The lowest BCUT2D eigenvalue weighted by Crippen LogP contribution is -2.27. The molecule has 0 saturated carbocycles. The monoisotopic (exact) mass is 383 g/mol. The van der Waals surface area contributed by atoms with Crippen LogP contribution in [0.15, 0.2) is 35.2 Å². The average Bonchev–Trinajstić information content (AvgIpc) is 2.63. The first-order valence-corrected chi connectivity index (χ1v) is 11.0. The molecule has 0 amide bonds. The van der Waals surface area contributed by atoms with Gasteiger partial charge in [0, 0.05) is 13.6 Å². The number of hydrogen-bond acceptors (Lipinski definition) is 3. The number of sulfonamides is 1. The minimum Gasteiger partial charge on any atom is -0.481 e. The van der Waals surface area contributed by atoms with Crippen LogP contribution >= 0.6 is 0 Å². The average molecular weight is 384 g/mol. The molecule has 1 rings (SSSR count). The third kappa shape index (κ3) is 8.32. The number of rotatable bonds is 14. The Labute approximate surface area is 158 Å². The highest BCUT2D eigenvalue weighted by molar-refractivity contribution is 7.89. The highest BCUT2D eigenvalue weighted by Gasteiger charge is 2.19. The van der Waals surface area contributed by atoms with Gasteiger partial charge in [0.2, 0.25) is 10.0 Å². The second-order valence-corrected chi connectivity index (χ2v) is 9.04. The van der Waals surface area contributed by atoms with Gasteiger partial charge in [0.15, 0.2) is 0 Å². The van der Waals surface area contributed by atoms with Gasteiger partial charge in [-0.3, -0.25) is 4.79 Å². The molecule has 0 radical (unpaired) electrons. The number of carboxylic acids is 1. The lowest BCUT2D eigenvalue weighted by atomic mass is 10.0. The molecule has 0 aromatic heterocycles. The molecule has 0 aliphatic heterocycles. The fourth-order valence-electron chi connectivity index (χ4n) is 2.86. The summed E-state index contributed by atoms with van der Waals surface area (Å²) in [4.78, 5) is 11.1. The number of nitrogens with zero attached hydrogens (tertiary/aromatic N) is 1. The van der Waals surface area contributed by atoms with Gasteiger partial charge in [-0.25, -0.2) is 12.7 Å². The maximum atomic E-state index is 12.4. The molecule has 5 nitrogen and oxygen atoms in total. The number of hydrogen-bond donors (Lipinski definition) is 1. The van der Waals surface area contributed by atoms with Crippen molar-refractivity contribution in [1.82, 2.24) is 4.31 Å². The number of benzene rings is 1. The van der Waals surface area contributed by atoms with Crippen molar-refractivity contribution in [1.29, 1.82) is 0 Å². The van der Waals surface area contributed by atoms with Crippen LogP contribution in [0.25, 0.3) is 0 Å². The summed E-state index contributed by atoms with van der Waals surface area (Å²) in [6, 6.07) is 8.55. The molecule has 1 aromatic rings. The van der Waals surface area contributed by atoms with E-state index in [9.17, 15) is 13.2 Å². The van der Waals surface area contributed by atoms with E-state index >= 15 is 0 Å². The van der Waals surface area contributed by atoms with Crippen LogP contribution in [0.1, 0.15) is 64.7 Å². The zero-order valence-electron chi connectivity index (χ0n) is 16.1. The van der Waals surface area contributed by atoms with Gasteiger partial charge in [-0.15, -0.1) is 0 Å². The lowest BCUT2D eigenvalue weighted by molar-refractivity contribution is -0.141. The summed E-state index contributed by atoms with van der Waals surface area (Å²) < 4.78 is 26.2. The molecule has 0 saturated heterocycles. The molecular weight excluding hydrogens is 350 g/mol. The van der Waals surface area contributed by atoms with Crippen LogP contribution in [0, 0.1) is 5.92 Å². The van der Waals surface area contributed by atoms with E-state index in [-0.39, 0.29) is 5.92 Å². The predicted octanol–water partition coefficient (Wildman–Crippen LogP) is 4.54. The molecule has 0 bridgehead atoms. The van der Waals surface area contributed by atoms with Gasteiger partial charge in [0.1, 0.15) is 0 Å². The van der Waals surface area contributed by atoms with Gasteiger partial charge in [0.05, 0.1) is 10.8 Å². The topological polar surface area (TPSA) is 74.7 Å². The number of aliphatic carboxylic acids is 1. The van der Waals surface area contributed by atoms with Crippen molar-refractivity contribution < 1.29 is 18.3 Å². The van der Waals surface area contributed by atoms with Gasteiger partial charge in [-0.05, 0) is 25.0 Å². The van der Waals surface area contributed by atoms with Crippen LogP contribution < -0.4 is 0 Å². The molecule has 0 spiro atoms. The van der Waals surface area contributed by atoms with Crippen molar-refractivity contribution in [3.63, 3.8) is 0 Å². The molecule has 0 fully saturated rings. The van der Waals surface area contributed by atoms with Crippen molar-refractivity contribution in [2.45, 2.75) is 69.6 Å². The Balaban J connectivity index is 2.06. The van der Waals surface area contributed by atoms with Crippen molar-refractivity contribution in [2.24, 2.45) is 5.92 Å². The Morgan fingerprint density at radius 3 is 2.00 bits per heavy atom. The highest BCUT2D eigenvalue weighted by Crippen LogP contribution is 2.16. The van der Waals surface area contributed by atoms with Crippen LogP contribution in [0.3, 0.4) is 0 Å². The standard InChI is InChI=1S/C20H33NO4S/c1-18(20(22)23)14-10-7-5-3-4-6-8-13-17-21(2)26(24,25)19-15-11-9-12-16-19/h9,11-12,15-16,18H,3-8,10,13-14,17H2,1-2H3,(H,22,23)/t18-/m1/s1. The van der Waals surface area contributed by atoms with Crippen LogP contribution in [-0.2, 0) is 14.8 Å². The van der Waals surface area contributed by atoms with Crippen molar-refractivity contribution in [2.75, 3.05) is 13.6 Å². The Bertz CT molecular complexity index is 616. The van der Waals surface area contributed by atoms with Crippen LogP contribution in [0.2, 0.25) is 0 Å². The molecule has 1 aromatic carbocycles. The zero-order valence-corrected chi connectivity index (χ0v) is 16.9. The van der Waals surface area contributed by atoms with E-state index in [4.69, 9.17) is 5.11 Å². The van der Waals surface area contributed by atoms with Gasteiger partial charge in [0.25, 0.3) is 0 Å². The zero-order chi connectivity index (χ0) is 19.4. The van der Waals surface area contributed by atoms with Crippen molar-refractivity contribution in [3.8, 4) is 0 Å². The summed E-state index contributed by atoms with van der Waals surface area (Å²) >= 11 is 0. The second-order valence-electron chi connectivity index (χ2n) is 7.00. The maximum absolute atomic E-state index is 12.4. The first kappa shape index (κ1) is 22.6. The molecule has 1 N–H and O–H groups in total. The summed E-state index contributed by atoms with van der Waals surface area (Å²) in [7, 11) is -1.73. The minimum absolute atomic E-state index is 0.237. The first-order valence-electron chi connectivity index (χ1n) is 9.60. The molecular formula is C20H33NO4S. The Hall–Kier alpha value is -1.40. The number of unbranched alkanes of at least 4 members (excludes halogenated alkanes) is 7. The van der Waals surface area contributed by atoms with Gasteiger partial charge in [-0.1, -0.05) is 70.1 Å². The van der Waals surface area contributed by atoms with Gasteiger partial charge >= 0.3 is 5.97 Å². The van der Waals surface area contributed by atoms with E-state index in [1.165, 1.54) is 10.7 Å². The fourth-order valence-corrected chi connectivity index (χ4v) is 4.09. The molecule has 0 heterocycles. The summed E-state index contributed by atoms with van der Waals surface area (Å²) in [5.74, 6) is -0.941. The smallest absolute Gasteiger partial charge is 0.306 e. The summed E-state index contributed by atoms with van der Waals surface area (Å²) in [6.45, 7) is 2.31. The molecule has 6 heteroatoms. The van der Waals surface area contributed by atoms with E-state index in [1.54, 1.807) is 38.2 Å². The summed E-state index contributed by atoms with van der Waals surface area (Å²) in [6.07, 6.45) is 9.33. The largest absolute Gasteiger partial charge is 0.481 e. The van der Waals surface area contributed by atoms with E-state index < -0.39 is 16.0 Å². The SMILES string of the molecule is C[C@H](CCCCCCCCCCN(C)S(=O)(=O)c1ccccc1)C(=O)O. The van der Waals surface area contributed by atoms with Crippen LogP contribution in [0.4, 0.5) is 0 Å². The fraction of sp³-hybridized carbons (Fsp3) is 0.650. The first-order chi connectivity index (χ1) is 12.4. The quantitative estimate of drug-likeness (QED) is 0.479. The van der Waals surface area contributed by atoms with Crippen molar-refractivity contribution >= 4 is 16.0 Å². The van der Waals surface area contributed by atoms with Crippen molar-refractivity contribution in [3.05, 3.63) is 30.3 Å². The Morgan fingerprint density at radius 2 is 1.46 bits per heavy atom. The maximum Gasteiger partial charge on any atom is 0.306 e. The molecule has 0 unspecified atom stereocenters. The molecule has 26 heavy (non-hydrogen) atoms. The van der Waals surface area contributed by atoms with E-state index in [0.29, 0.717) is 11.4 Å². The van der Waals surface area contributed by atoms with E-state index in [0.717, 1.165) is 51.4 Å². The lowest BCUT2D eigenvalue weighted by Gasteiger charge is -2.17. The molecule has 0 aliphatic rings. The predicted molar refractivity (Wildman–Crippen MR) is 105 cm³/mol. The summed E-state index contributed by atoms with van der Waals surface area (Å²) in [5.41, 5.74) is 0. The van der Waals surface area contributed by atoms with E-state index in [1.807, 2.05) is 6.07 Å². The van der Waals surface area contributed by atoms with Gasteiger partial charge in [-0.2, -0.15) is 0 Å². The van der Waals surface area contributed by atoms with Crippen LogP contribution in [0.5, 0.6) is 0 Å². The Kier molecular flexibility index (Phi) is 10.5. The van der Waals surface area contributed by atoms with Crippen LogP contribution in [-0.4, -0.2) is 37.4 Å². The number of carbonyl (C=O) groups is 1.